The standard InChI is InChI=1S/C12H21ClN4O2/c1-5-17-7-15-10(13)9(17)8(6-14)16-11(18)19-12(2,3)4/h7-8H,5-6,14H2,1-4H3,(H,16,18). The van der Waals surface area contributed by atoms with E-state index in [1.165, 1.54) is 0 Å². The summed E-state index contributed by atoms with van der Waals surface area (Å²) in [7, 11) is 0. The van der Waals surface area contributed by atoms with Gasteiger partial charge in [0.25, 0.3) is 0 Å². The number of carbonyl (C=O) groups excluding carboxylic acids is 1. The molecule has 0 fully saturated rings. The maximum absolute atomic E-state index is 11.8. The molecule has 1 unspecified atom stereocenters. The van der Waals surface area contributed by atoms with E-state index in [-0.39, 0.29) is 6.54 Å². The third-order valence-corrected chi connectivity index (χ3v) is 2.72. The van der Waals surface area contributed by atoms with Crippen LogP contribution in [0.5, 0.6) is 0 Å². The van der Waals surface area contributed by atoms with Gasteiger partial charge in [0.2, 0.25) is 0 Å². The fraction of sp³-hybridized carbons (Fsp3) is 0.667. The van der Waals surface area contributed by atoms with E-state index in [2.05, 4.69) is 10.3 Å². The highest BCUT2D eigenvalue weighted by Crippen LogP contribution is 2.21. The molecule has 0 aliphatic heterocycles. The van der Waals surface area contributed by atoms with Gasteiger partial charge in [-0.25, -0.2) is 9.78 Å². The lowest BCUT2D eigenvalue weighted by Gasteiger charge is -2.23. The van der Waals surface area contributed by atoms with E-state index in [4.69, 9.17) is 22.1 Å². The summed E-state index contributed by atoms with van der Waals surface area (Å²) >= 11 is 6.03. The molecule has 0 bridgehead atoms. The van der Waals surface area contributed by atoms with Gasteiger partial charge in [0, 0.05) is 13.1 Å². The average molecular weight is 289 g/mol. The molecule has 0 saturated carbocycles. The molecule has 0 saturated heterocycles. The van der Waals surface area contributed by atoms with E-state index in [1.54, 1.807) is 27.1 Å². The van der Waals surface area contributed by atoms with Crippen molar-refractivity contribution in [1.82, 2.24) is 14.9 Å². The van der Waals surface area contributed by atoms with Crippen LogP contribution in [-0.4, -0.2) is 27.8 Å². The SMILES string of the molecule is CCn1cnc(Cl)c1C(CN)NC(=O)OC(C)(C)C. The number of carbonyl (C=O) groups is 1. The maximum Gasteiger partial charge on any atom is 0.408 e. The lowest BCUT2D eigenvalue weighted by Crippen LogP contribution is -2.38. The minimum atomic E-state index is -0.558. The fourth-order valence-electron chi connectivity index (χ4n) is 1.65. The molecule has 0 aromatic carbocycles. The first-order valence-electron chi connectivity index (χ1n) is 6.18. The number of nitrogens with one attached hydrogen (secondary N) is 1. The van der Waals surface area contributed by atoms with Crippen molar-refractivity contribution in [2.45, 2.75) is 45.9 Å². The summed E-state index contributed by atoms with van der Waals surface area (Å²) in [5.41, 5.74) is 5.83. The number of imidazole rings is 1. The molecule has 108 valence electrons. The Bertz CT molecular complexity index is 439. The van der Waals surface area contributed by atoms with E-state index in [1.807, 2.05) is 11.5 Å². The van der Waals surface area contributed by atoms with Crippen LogP contribution in [-0.2, 0) is 11.3 Å². The molecule has 1 aromatic rings. The molecule has 1 aromatic heterocycles. The molecule has 0 radical (unpaired) electrons. The first-order chi connectivity index (χ1) is 8.78. The molecule has 1 heterocycles. The van der Waals surface area contributed by atoms with Crippen molar-refractivity contribution in [3.63, 3.8) is 0 Å². The molecule has 7 heteroatoms. The third kappa shape index (κ3) is 4.40. The zero-order valence-electron chi connectivity index (χ0n) is 11.7. The molecular weight excluding hydrogens is 268 g/mol. The summed E-state index contributed by atoms with van der Waals surface area (Å²) in [5, 5.41) is 3.05. The minimum Gasteiger partial charge on any atom is -0.444 e. The summed E-state index contributed by atoms with van der Waals surface area (Å²) in [6.45, 7) is 8.27. The second-order valence-electron chi connectivity index (χ2n) is 5.14. The quantitative estimate of drug-likeness (QED) is 0.889. The summed E-state index contributed by atoms with van der Waals surface area (Å²) < 4.78 is 7.05. The number of amides is 1. The van der Waals surface area contributed by atoms with Gasteiger partial charge in [-0.1, -0.05) is 11.6 Å². The third-order valence-electron chi connectivity index (χ3n) is 2.43. The Hall–Kier alpha value is -1.27. The Kier molecular flexibility index (Phi) is 5.20. The van der Waals surface area contributed by atoms with Gasteiger partial charge < -0.3 is 20.4 Å². The predicted molar refractivity (Wildman–Crippen MR) is 74.1 cm³/mol. The fourth-order valence-corrected chi connectivity index (χ4v) is 1.94. The highest BCUT2D eigenvalue weighted by atomic mass is 35.5. The van der Waals surface area contributed by atoms with E-state index < -0.39 is 17.7 Å². The number of hydrogen-bond acceptors (Lipinski definition) is 4. The van der Waals surface area contributed by atoms with Crippen molar-refractivity contribution in [1.29, 1.82) is 0 Å². The van der Waals surface area contributed by atoms with Crippen LogP contribution in [0.3, 0.4) is 0 Å². The summed E-state index contributed by atoms with van der Waals surface area (Å²) in [6.07, 6.45) is 1.10. The average Bonchev–Trinajstić information content (AvgIpc) is 2.65. The van der Waals surface area contributed by atoms with Crippen molar-refractivity contribution in [3.8, 4) is 0 Å². The van der Waals surface area contributed by atoms with Crippen LogP contribution >= 0.6 is 11.6 Å². The Morgan fingerprint density at radius 3 is 2.74 bits per heavy atom. The maximum atomic E-state index is 11.8. The van der Waals surface area contributed by atoms with E-state index in [0.717, 1.165) is 0 Å². The number of nitrogens with zero attached hydrogens (tertiary/aromatic N) is 2. The molecular formula is C12H21ClN4O2. The van der Waals surface area contributed by atoms with Gasteiger partial charge in [-0.3, -0.25) is 0 Å². The number of aryl methyl sites for hydroxylation is 1. The van der Waals surface area contributed by atoms with E-state index in [0.29, 0.717) is 17.4 Å². The van der Waals surface area contributed by atoms with Crippen LogP contribution in [0.2, 0.25) is 5.15 Å². The van der Waals surface area contributed by atoms with Crippen LogP contribution in [0.1, 0.15) is 39.4 Å². The molecule has 1 amide bonds. The second-order valence-corrected chi connectivity index (χ2v) is 5.50. The van der Waals surface area contributed by atoms with Crippen LogP contribution < -0.4 is 11.1 Å². The van der Waals surface area contributed by atoms with Crippen molar-refractivity contribution in [2.24, 2.45) is 5.73 Å². The van der Waals surface area contributed by atoms with Gasteiger partial charge in [0.05, 0.1) is 18.1 Å². The Labute approximate surface area is 118 Å². The highest BCUT2D eigenvalue weighted by molar-refractivity contribution is 6.30. The van der Waals surface area contributed by atoms with Crippen molar-refractivity contribution >= 4 is 17.7 Å². The topological polar surface area (TPSA) is 82.2 Å². The molecule has 0 spiro atoms. The number of alkyl carbamates (subject to hydrolysis) is 1. The van der Waals surface area contributed by atoms with Crippen LogP contribution in [0, 0.1) is 0 Å². The number of aromatic nitrogens is 2. The minimum absolute atomic E-state index is 0.213. The largest absolute Gasteiger partial charge is 0.444 e. The second kappa shape index (κ2) is 6.25. The predicted octanol–water partition coefficient (Wildman–Crippen LogP) is 2.08. The van der Waals surface area contributed by atoms with Gasteiger partial charge in [0.15, 0.2) is 5.15 Å². The number of ether oxygens (including phenoxy) is 1. The van der Waals surface area contributed by atoms with Gasteiger partial charge in [0.1, 0.15) is 5.60 Å². The molecule has 6 nitrogen and oxygen atoms in total. The summed E-state index contributed by atoms with van der Waals surface area (Å²) in [5.74, 6) is 0. The highest BCUT2D eigenvalue weighted by Gasteiger charge is 2.23. The number of rotatable bonds is 4. The lowest BCUT2D eigenvalue weighted by atomic mass is 10.2. The Morgan fingerprint density at radius 2 is 2.26 bits per heavy atom. The number of nitrogens with two attached hydrogens (primary N) is 1. The molecule has 19 heavy (non-hydrogen) atoms. The molecule has 0 aliphatic rings. The normalized spacial score (nSPS) is 13.2. The first kappa shape index (κ1) is 15.8. The number of halogens is 1. The van der Waals surface area contributed by atoms with Crippen LogP contribution in [0.25, 0.3) is 0 Å². The van der Waals surface area contributed by atoms with Gasteiger partial charge in [-0.05, 0) is 27.7 Å². The number of hydrogen-bond donors (Lipinski definition) is 2. The zero-order chi connectivity index (χ0) is 14.6. The van der Waals surface area contributed by atoms with Crippen molar-refractivity contribution in [3.05, 3.63) is 17.2 Å². The smallest absolute Gasteiger partial charge is 0.408 e. The van der Waals surface area contributed by atoms with Crippen LogP contribution in [0.4, 0.5) is 4.79 Å². The molecule has 3 N–H and O–H groups in total. The van der Waals surface area contributed by atoms with Crippen LogP contribution in [0.15, 0.2) is 6.33 Å². The lowest BCUT2D eigenvalue weighted by molar-refractivity contribution is 0.0503. The zero-order valence-corrected chi connectivity index (χ0v) is 12.5. The first-order valence-corrected chi connectivity index (χ1v) is 6.56. The van der Waals surface area contributed by atoms with Crippen molar-refractivity contribution < 1.29 is 9.53 Å². The summed E-state index contributed by atoms with van der Waals surface area (Å²) in [6, 6.07) is -0.426. The van der Waals surface area contributed by atoms with E-state index in [9.17, 15) is 4.79 Å². The monoisotopic (exact) mass is 288 g/mol. The van der Waals surface area contributed by atoms with Gasteiger partial charge >= 0.3 is 6.09 Å². The molecule has 1 atom stereocenters. The summed E-state index contributed by atoms with van der Waals surface area (Å²) in [4.78, 5) is 15.8. The molecule has 0 aliphatic carbocycles. The van der Waals surface area contributed by atoms with Crippen molar-refractivity contribution in [2.75, 3.05) is 6.54 Å². The van der Waals surface area contributed by atoms with Gasteiger partial charge in [-0.2, -0.15) is 0 Å². The Morgan fingerprint density at radius 1 is 1.63 bits per heavy atom. The molecule has 1 rings (SSSR count). The van der Waals surface area contributed by atoms with E-state index >= 15 is 0 Å². The Balaban J connectivity index is 2.84. The van der Waals surface area contributed by atoms with Gasteiger partial charge in [-0.15, -0.1) is 0 Å².